The van der Waals surface area contributed by atoms with Gasteiger partial charge in [0.25, 0.3) is 0 Å². The van der Waals surface area contributed by atoms with Crippen molar-refractivity contribution in [3.05, 3.63) is 35.4 Å². The zero-order valence-corrected chi connectivity index (χ0v) is 11.0. The van der Waals surface area contributed by atoms with Crippen LogP contribution in [0.5, 0.6) is 0 Å². The Hall–Kier alpha value is -1.91. The lowest BCUT2D eigenvalue weighted by Gasteiger charge is -2.26. The average Bonchev–Trinajstić information content (AvgIpc) is 2.35. The van der Waals surface area contributed by atoms with Crippen molar-refractivity contribution in [2.24, 2.45) is 0 Å². The molecule has 0 fully saturated rings. The molecule has 1 atom stereocenters. The Labute approximate surface area is 111 Å². The van der Waals surface area contributed by atoms with Crippen LogP contribution in [0.1, 0.15) is 24.5 Å². The minimum Gasteiger partial charge on any atom is -0.480 e. The number of aliphatic carboxylic acids is 1. The molecule has 0 aromatic heterocycles. The normalized spacial score (nSPS) is 13.6. The SMILES string of the molecule is CCOC(=O)C(CCF)(C(=O)O)c1cccc(C)c1. The maximum atomic E-state index is 12.8. The summed E-state index contributed by atoms with van der Waals surface area (Å²) in [4.78, 5) is 23.6. The first-order valence-corrected chi connectivity index (χ1v) is 6.02. The van der Waals surface area contributed by atoms with Gasteiger partial charge in [-0.15, -0.1) is 0 Å². The number of hydrogen-bond acceptors (Lipinski definition) is 3. The number of halogens is 1. The van der Waals surface area contributed by atoms with Gasteiger partial charge in [0.15, 0.2) is 5.41 Å². The van der Waals surface area contributed by atoms with Gasteiger partial charge in [0, 0.05) is 6.42 Å². The van der Waals surface area contributed by atoms with Crippen LogP contribution in [-0.2, 0) is 19.7 Å². The number of benzene rings is 1. The fourth-order valence-corrected chi connectivity index (χ4v) is 1.99. The minimum atomic E-state index is -1.98. The predicted octanol–water partition coefficient (Wildman–Crippen LogP) is 2.24. The molecule has 1 N–H and O–H groups in total. The highest BCUT2D eigenvalue weighted by atomic mass is 19.1. The lowest BCUT2D eigenvalue weighted by molar-refractivity contribution is -0.162. The Morgan fingerprint density at radius 1 is 1.42 bits per heavy atom. The first-order valence-electron chi connectivity index (χ1n) is 6.02. The maximum absolute atomic E-state index is 12.8. The molecule has 104 valence electrons. The molecule has 1 rings (SSSR count). The molecule has 0 bridgehead atoms. The Balaban J connectivity index is 3.39. The first kappa shape index (κ1) is 15.1. The molecule has 0 amide bonds. The summed E-state index contributed by atoms with van der Waals surface area (Å²) < 4.78 is 17.6. The molecular formula is C14H17FO4. The molecule has 0 aliphatic carbocycles. The molecule has 1 unspecified atom stereocenters. The predicted molar refractivity (Wildman–Crippen MR) is 67.7 cm³/mol. The van der Waals surface area contributed by atoms with Gasteiger partial charge in [-0.3, -0.25) is 14.0 Å². The second kappa shape index (κ2) is 6.31. The largest absolute Gasteiger partial charge is 0.480 e. The third-order valence-corrected chi connectivity index (χ3v) is 2.97. The summed E-state index contributed by atoms with van der Waals surface area (Å²) >= 11 is 0. The summed E-state index contributed by atoms with van der Waals surface area (Å²) in [6.45, 7) is 2.48. The van der Waals surface area contributed by atoms with Crippen molar-refractivity contribution < 1.29 is 23.8 Å². The van der Waals surface area contributed by atoms with Gasteiger partial charge in [-0.05, 0) is 19.4 Å². The topological polar surface area (TPSA) is 63.6 Å². The Morgan fingerprint density at radius 2 is 2.11 bits per heavy atom. The van der Waals surface area contributed by atoms with E-state index in [0.29, 0.717) is 0 Å². The fraction of sp³-hybridized carbons (Fsp3) is 0.429. The number of ether oxygens (including phenoxy) is 1. The van der Waals surface area contributed by atoms with Crippen molar-refractivity contribution in [2.45, 2.75) is 25.7 Å². The lowest BCUT2D eigenvalue weighted by atomic mass is 9.77. The summed E-state index contributed by atoms with van der Waals surface area (Å²) in [6.07, 6.45) is -0.440. The van der Waals surface area contributed by atoms with Crippen molar-refractivity contribution in [2.75, 3.05) is 13.3 Å². The summed E-state index contributed by atoms with van der Waals surface area (Å²) in [6, 6.07) is 6.49. The van der Waals surface area contributed by atoms with Crippen molar-refractivity contribution in [1.29, 1.82) is 0 Å². The monoisotopic (exact) mass is 268 g/mol. The van der Waals surface area contributed by atoms with Crippen LogP contribution in [0.3, 0.4) is 0 Å². The number of carbonyl (C=O) groups is 2. The van der Waals surface area contributed by atoms with E-state index in [1.54, 1.807) is 32.0 Å². The van der Waals surface area contributed by atoms with Crippen LogP contribution in [-0.4, -0.2) is 30.3 Å². The van der Waals surface area contributed by atoms with E-state index in [2.05, 4.69) is 0 Å². The fourth-order valence-electron chi connectivity index (χ4n) is 1.99. The molecule has 0 heterocycles. The molecular weight excluding hydrogens is 251 g/mol. The zero-order valence-electron chi connectivity index (χ0n) is 11.0. The second-order valence-corrected chi connectivity index (χ2v) is 4.24. The van der Waals surface area contributed by atoms with Gasteiger partial charge in [0.1, 0.15) is 0 Å². The van der Waals surface area contributed by atoms with E-state index in [4.69, 9.17) is 4.74 Å². The Morgan fingerprint density at radius 3 is 2.58 bits per heavy atom. The third kappa shape index (κ3) is 2.92. The van der Waals surface area contributed by atoms with Gasteiger partial charge < -0.3 is 9.84 Å². The van der Waals surface area contributed by atoms with E-state index in [0.717, 1.165) is 5.56 Å². The quantitative estimate of drug-likeness (QED) is 0.635. The van der Waals surface area contributed by atoms with Gasteiger partial charge >= 0.3 is 11.9 Å². The van der Waals surface area contributed by atoms with Crippen LogP contribution in [0, 0.1) is 6.92 Å². The molecule has 0 saturated carbocycles. The van der Waals surface area contributed by atoms with Crippen LogP contribution in [0.2, 0.25) is 0 Å². The van der Waals surface area contributed by atoms with E-state index >= 15 is 0 Å². The van der Waals surface area contributed by atoms with E-state index in [1.807, 2.05) is 0 Å². The molecule has 5 heteroatoms. The Bertz CT molecular complexity index is 472. The molecule has 1 aromatic carbocycles. The summed E-state index contributed by atoms with van der Waals surface area (Å²) in [5.41, 5.74) is -0.932. The number of carboxylic acids is 1. The van der Waals surface area contributed by atoms with Crippen LogP contribution in [0.25, 0.3) is 0 Å². The number of hydrogen-bond donors (Lipinski definition) is 1. The minimum absolute atomic E-state index is 0.0476. The summed E-state index contributed by atoms with van der Waals surface area (Å²) in [5, 5.41) is 9.43. The van der Waals surface area contributed by atoms with Crippen molar-refractivity contribution in [3.8, 4) is 0 Å². The molecule has 0 radical (unpaired) electrons. The molecule has 0 spiro atoms. The highest BCUT2D eigenvalue weighted by Gasteiger charge is 2.49. The van der Waals surface area contributed by atoms with Crippen molar-refractivity contribution in [1.82, 2.24) is 0 Å². The van der Waals surface area contributed by atoms with Crippen LogP contribution in [0.4, 0.5) is 4.39 Å². The maximum Gasteiger partial charge on any atom is 0.328 e. The van der Waals surface area contributed by atoms with E-state index in [1.165, 1.54) is 6.07 Å². The van der Waals surface area contributed by atoms with Gasteiger partial charge in [-0.1, -0.05) is 29.8 Å². The molecule has 0 saturated heterocycles. The third-order valence-electron chi connectivity index (χ3n) is 2.97. The number of alkyl halides is 1. The first-order chi connectivity index (χ1) is 8.98. The van der Waals surface area contributed by atoms with Crippen LogP contribution < -0.4 is 0 Å². The van der Waals surface area contributed by atoms with Gasteiger partial charge in [-0.25, -0.2) is 0 Å². The van der Waals surface area contributed by atoms with E-state index in [9.17, 15) is 19.1 Å². The summed E-state index contributed by atoms with van der Waals surface area (Å²) in [7, 11) is 0. The number of aryl methyl sites for hydroxylation is 1. The van der Waals surface area contributed by atoms with Gasteiger partial charge in [0.2, 0.25) is 0 Å². The number of carboxylic acid groups (broad SMARTS) is 1. The molecule has 19 heavy (non-hydrogen) atoms. The van der Waals surface area contributed by atoms with E-state index < -0.39 is 30.4 Å². The summed E-state index contributed by atoms with van der Waals surface area (Å²) in [5.74, 6) is -2.32. The standard InChI is InChI=1S/C14H17FO4/c1-3-19-13(18)14(7-8-15,12(16)17)11-6-4-5-10(2)9-11/h4-6,9H,3,7-8H2,1-2H3,(H,16,17). The lowest BCUT2D eigenvalue weighted by Crippen LogP contribution is -2.45. The molecule has 1 aromatic rings. The smallest absolute Gasteiger partial charge is 0.328 e. The van der Waals surface area contributed by atoms with Gasteiger partial charge in [0.05, 0.1) is 13.3 Å². The van der Waals surface area contributed by atoms with Crippen LogP contribution in [0.15, 0.2) is 24.3 Å². The Kier molecular flexibility index (Phi) is 5.03. The highest BCUT2D eigenvalue weighted by molar-refractivity contribution is 6.05. The zero-order chi connectivity index (χ0) is 14.5. The van der Waals surface area contributed by atoms with Crippen molar-refractivity contribution >= 4 is 11.9 Å². The van der Waals surface area contributed by atoms with Crippen LogP contribution >= 0.6 is 0 Å². The molecule has 0 aliphatic heterocycles. The number of rotatable bonds is 6. The van der Waals surface area contributed by atoms with Crippen molar-refractivity contribution in [3.63, 3.8) is 0 Å². The highest BCUT2D eigenvalue weighted by Crippen LogP contribution is 2.31. The van der Waals surface area contributed by atoms with E-state index in [-0.39, 0.29) is 12.2 Å². The number of esters is 1. The second-order valence-electron chi connectivity index (χ2n) is 4.24. The number of carbonyl (C=O) groups excluding carboxylic acids is 1. The van der Waals surface area contributed by atoms with Gasteiger partial charge in [-0.2, -0.15) is 0 Å². The average molecular weight is 268 g/mol. The molecule has 4 nitrogen and oxygen atoms in total. The molecule has 0 aliphatic rings.